The Morgan fingerprint density at radius 1 is 1.17 bits per heavy atom. The first-order valence-corrected chi connectivity index (χ1v) is 7.37. The number of hydrogen-bond acceptors (Lipinski definition) is 4. The molecule has 0 aliphatic heterocycles. The lowest BCUT2D eigenvalue weighted by molar-refractivity contribution is 0.416. The van der Waals surface area contributed by atoms with Gasteiger partial charge in [-0.1, -0.05) is 12.1 Å². The van der Waals surface area contributed by atoms with Gasteiger partial charge in [0, 0.05) is 22.4 Å². The fourth-order valence-electron chi connectivity index (χ4n) is 1.54. The number of methoxy groups -OCH3 is 1. The number of aromatic nitrogens is 1. The minimum absolute atomic E-state index is 0.0252. The second-order valence-corrected chi connectivity index (χ2v) is 6.08. The maximum atomic E-state index is 11.1. The molecule has 18 heavy (non-hydrogen) atoms. The van der Waals surface area contributed by atoms with E-state index in [4.69, 9.17) is 15.4 Å². The minimum Gasteiger partial charge on any atom is -0.496 e. The summed E-state index contributed by atoms with van der Waals surface area (Å²) in [6.45, 7) is 0. The van der Waals surface area contributed by atoms with Crippen molar-refractivity contribution in [2.24, 2.45) is 0 Å². The van der Waals surface area contributed by atoms with Crippen LogP contribution in [0.2, 0.25) is 0 Å². The van der Waals surface area contributed by atoms with Crippen LogP contribution in [0.3, 0.4) is 0 Å². The number of pyridine rings is 1. The van der Waals surface area contributed by atoms with Gasteiger partial charge < -0.3 is 4.74 Å². The third kappa shape index (κ3) is 2.63. The van der Waals surface area contributed by atoms with Crippen LogP contribution in [0.15, 0.2) is 47.5 Å². The van der Waals surface area contributed by atoms with Crippen LogP contribution < -0.4 is 4.74 Å². The maximum Gasteiger partial charge on any atom is 0.262 e. The molecule has 2 aromatic rings. The van der Waals surface area contributed by atoms with Gasteiger partial charge in [-0.2, -0.15) is 0 Å². The van der Waals surface area contributed by atoms with E-state index in [1.807, 2.05) is 24.3 Å². The zero-order valence-corrected chi connectivity index (χ0v) is 11.1. The van der Waals surface area contributed by atoms with E-state index in [-0.39, 0.29) is 4.90 Å². The van der Waals surface area contributed by atoms with Crippen molar-refractivity contribution in [3.63, 3.8) is 0 Å². The summed E-state index contributed by atoms with van der Waals surface area (Å²) in [4.78, 5) is 4.06. The van der Waals surface area contributed by atoms with E-state index in [1.54, 1.807) is 13.2 Å². The monoisotopic (exact) mass is 283 g/mol. The Morgan fingerprint density at radius 2 is 1.89 bits per heavy atom. The molecule has 0 unspecified atom stereocenters. The van der Waals surface area contributed by atoms with Crippen molar-refractivity contribution in [2.45, 2.75) is 4.90 Å². The number of nitrogens with zero attached hydrogens (tertiary/aromatic N) is 1. The maximum absolute atomic E-state index is 11.1. The second kappa shape index (κ2) is 4.96. The van der Waals surface area contributed by atoms with Crippen molar-refractivity contribution in [1.82, 2.24) is 4.98 Å². The van der Waals surface area contributed by atoms with Crippen LogP contribution in [-0.2, 0) is 9.05 Å². The molecule has 0 saturated heterocycles. The molecular weight excluding hydrogens is 274 g/mol. The summed E-state index contributed by atoms with van der Waals surface area (Å²) < 4.78 is 27.4. The lowest BCUT2D eigenvalue weighted by Crippen LogP contribution is -1.94. The number of para-hydroxylation sites is 1. The fraction of sp³-hybridized carbons (Fsp3) is 0.0833. The smallest absolute Gasteiger partial charge is 0.262 e. The van der Waals surface area contributed by atoms with Gasteiger partial charge in [0.1, 0.15) is 10.6 Å². The predicted molar refractivity (Wildman–Crippen MR) is 69.3 cm³/mol. The quantitative estimate of drug-likeness (QED) is 0.813. The highest BCUT2D eigenvalue weighted by molar-refractivity contribution is 8.13. The lowest BCUT2D eigenvalue weighted by atomic mass is 10.1. The molecule has 0 N–H and O–H groups in total. The summed E-state index contributed by atoms with van der Waals surface area (Å²) in [5.74, 6) is 0.673. The Hall–Kier alpha value is -1.59. The van der Waals surface area contributed by atoms with E-state index >= 15 is 0 Å². The van der Waals surface area contributed by atoms with E-state index < -0.39 is 9.05 Å². The summed E-state index contributed by atoms with van der Waals surface area (Å²) in [7, 11) is 3.05. The largest absolute Gasteiger partial charge is 0.496 e. The Bertz CT molecular complexity index is 653. The van der Waals surface area contributed by atoms with Gasteiger partial charge in [-0.15, -0.1) is 0 Å². The normalized spacial score (nSPS) is 11.2. The van der Waals surface area contributed by atoms with Crippen molar-refractivity contribution < 1.29 is 13.2 Å². The summed E-state index contributed by atoms with van der Waals surface area (Å²) in [6, 6.07) is 10.4. The van der Waals surface area contributed by atoms with Crippen LogP contribution in [0.25, 0.3) is 11.3 Å². The van der Waals surface area contributed by atoms with Gasteiger partial charge in [-0.3, -0.25) is 4.98 Å². The number of ether oxygens (including phenoxy) is 1. The summed E-state index contributed by atoms with van der Waals surface area (Å²) in [5.41, 5.74) is 1.41. The molecule has 2 rings (SSSR count). The van der Waals surface area contributed by atoms with Crippen LogP contribution in [0.5, 0.6) is 5.75 Å². The Balaban J connectivity index is 2.47. The molecule has 0 aliphatic rings. The van der Waals surface area contributed by atoms with Gasteiger partial charge in [0.05, 0.1) is 12.8 Å². The number of halogens is 1. The number of rotatable bonds is 3. The first kappa shape index (κ1) is 12.9. The van der Waals surface area contributed by atoms with Crippen LogP contribution in [0.4, 0.5) is 0 Å². The van der Waals surface area contributed by atoms with Crippen molar-refractivity contribution in [1.29, 1.82) is 0 Å². The molecule has 94 valence electrons. The summed E-state index contributed by atoms with van der Waals surface area (Å²) in [5, 5.41) is 0. The van der Waals surface area contributed by atoms with Gasteiger partial charge in [-0.25, -0.2) is 8.42 Å². The Kier molecular flexibility index (Phi) is 3.54. The molecule has 0 saturated carbocycles. The van der Waals surface area contributed by atoms with E-state index in [9.17, 15) is 8.42 Å². The van der Waals surface area contributed by atoms with Crippen molar-refractivity contribution in [3.05, 3.63) is 42.6 Å². The Labute approximate surface area is 110 Å². The molecule has 0 spiro atoms. The highest BCUT2D eigenvalue weighted by atomic mass is 35.7. The van der Waals surface area contributed by atoms with E-state index in [0.717, 1.165) is 5.56 Å². The first-order chi connectivity index (χ1) is 8.52. The molecule has 1 heterocycles. The van der Waals surface area contributed by atoms with Gasteiger partial charge >= 0.3 is 0 Å². The van der Waals surface area contributed by atoms with Gasteiger partial charge in [-0.05, 0) is 24.3 Å². The van der Waals surface area contributed by atoms with E-state index in [1.165, 1.54) is 12.3 Å². The number of benzene rings is 1. The predicted octanol–water partition coefficient (Wildman–Crippen LogP) is 2.68. The average Bonchev–Trinajstić information content (AvgIpc) is 2.38. The highest BCUT2D eigenvalue weighted by Gasteiger charge is 2.11. The van der Waals surface area contributed by atoms with Crippen LogP contribution >= 0.6 is 10.7 Å². The average molecular weight is 284 g/mol. The molecule has 0 aliphatic carbocycles. The SMILES string of the molecule is COc1ccccc1-c1ccc(S(=O)(=O)Cl)cn1. The molecule has 0 bridgehead atoms. The highest BCUT2D eigenvalue weighted by Crippen LogP contribution is 2.28. The molecule has 0 atom stereocenters. The lowest BCUT2D eigenvalue weighted by Gasteiger charge is -2.07. The second-order valence-electron chi connectivity index (χ2n) is 3.52. The zero-order valence-electron chi connectivity index (χ0n) is 9.50. The van der Waals surface area contributed by atoms with Gasteiger partial charge in [0.2, 0.25) is 0 Å². The van der Waals surface area contributed by atoms with Crippen LogP contribution in [-0.4, -0.2) is 20.5 Å². The molecule has 0 amide bonds. The zero-order chi connectivity index (χ0) is 13.2. The van der Waals surface area contributed by atoms with Gasteiger partial charge in [0.25, 0.3) is 9.05 Å². The molecule has 1 aromatic carbocycles. The molecule has 6 heteroatoms. The van der Waals surface area contributed by atoms with Crippen molar-refractivity contribution in [3.8, 4) is 17.0 Å². The van der Waals surface area contributed by atoms with Crippen LogP contribution in [0.1, 0.15) is 0 Å². The minimum atomic E-state index is -3.74. The number of hydrogen-bond donors (Lipinski definition) is 0. The van der Waals surface area contributed by atoms with Gasteiger partial charge in [0.15, 0.2) is 0 Å². The molecular formula is C12H10ClNO3S. The summed E-state index contributed by atoms with van der Waals surface area (Å²) >= 11 is 0. The third-order valence-electron chi connectivity index (χ3n) is 2.40. The van der Waals surface area contributed by atoms with E-state index in [2.05, 4.69) is 4.98 Å². The summed E-state index contributed by atoms with van der Waals surface area (Å²) in [6.07, 6.45) is 1.23. The Morgan fingerprint density at radius 3 is 2.44 bits per heavy atom. The molecule has 4 nitrogen and oxygen atoms in total. The first-order valence-electron chi connectivity index (χ1n) is 5.06. The fourth-order valence-corrected chi connectivity index (χ4v) is 2.22. The molecule has 0 radical (unpaired) electrons. The third-order valence-corrected chi connectivity index (χ3v) is 3.74. The standard InChI is InChI=1S/C12H10ClNO3S/c1-17-12-5-3-2-4-10(12)11-7-6-9(8-14-11)18(13,15)16/h2-8H,1H3. The topological polar surface area (TPSA) is 56.3 Å². The molecule has 0 fully saturated rings. The van der Waals surface area contributed by atoms with Crippen molar-refractivity contribution in [2.75, 3.05) is 7.11 Å². The molecule has 1 aromatic heterocycles. The van der Waals surface area contributed by atoms with Crippen LogP contribution in [0, 0.1) is 0 Å². The van der Waals surface area contributed by atoms with Crippen molar-refractivity contribution >= 4 is 19.7 Å². The van der Waals surface area contributed by atoms with E-state index in [0.29, 0.717) is 11.4 Å².